The predicted molar refractivity (Wildman–Crippen MR) is 240 cm³/mol. The molecule has 0 amide bonds. The molecular formula is C55H33N3. The number of nitrogens with zero attached hydrogens (tertiary/aromatic N) is 3. The molecule has 3 nitrogen and oxygen atoms in total. The van der Waals surface area contributed by atoms with Gasteiger partial charge in [-0.05, 0) is 57.0 Å². The lowest BCUT2D eigenvalue weighted by Gasteiger charge is -2.34. The summed E-state index contributed by atoms with van der Waals surface area (Å²) in [5, 5.41) is 8.70. The monoisotopic (exact) mass is 735 g/mol. The Labute approximate surface area is 334 Å². The van der Waals surface area contributed by atoms with E-state index in [0.717, 1.165) is 27.7 Å². The van der Waals surface area contributed by atoms with Crippen LogP contribution in [0.5, 0.6) is 0 Å². The van der Waals surface area contributed by atoms with E-state index in [4.69, 9.17) is 9.97 Å². The Bertz CT molecular complexity index is 3570. The molecule has 0 fully saturated rings. The van der Waals surface area contributed by atoms with Crippen LogP contribution in [-0.4, -0.2) is 14.4 Å². The second-order valence-electron chi connectivity index (χ2n) is 15.6. The zero-order valence-electron chi connectivity index (χ0n) is 31.4. The fourth-order valence-electron chi connectivity index (χ4n) is 10.5. The molecule has 12 aromatic rings. The van der Waals surface area contributed by atoms with Gasteiger partial charge >= 0.3 is 0 Å². The van der Waals surface area contributed by atoms with Crippen LogP contribution in [0.25, 0.3) is 93.5 Å². The number of benzene rings is 9. The van der Waals surface area contributed by atoms with Gasteiger partial charge in [0.1, 0.15) is 0 Å². The Morgan fingerprint density at radius 2 is 1.03 bits per heavy atom. The highest BCUT2D eigenvalue weighted by molar-refractivity contribution is 6.29. The molecule has 0 spiro atoms. The van der Waals surface area contributed by atoms with Crippen LogP contribution in [0.3, 0.4) is 0 Å². The van der Waals surface area contributed by atoms with Crippen molar-refractivity contribution in [2.75, 3.05) is 0 Å². The molecule has 0 aliphatic heterocycles. The van der Waals surface area contributed by atoms with Crippen LogP contribution >= 0.6 is 0 Å². The van der Waals surface area contributed by atoms with E-state index in [1.165, 1.54) is 82.2 Å². The van der Waals surface area contributed by atoms with Gasteiger partial charge in [-0.2, -0.15) is 0 Å². The Morgan fingerprint density at radius 1 is 0.414 bits per heavy atom. The molecule has 3 heterocycles. The van der Waals surface area contributed by atoms with E-state index in [1.807, 2.05) is 0 Å². The summed E-state index contributed by atoms with van der Waals surface area (Å²) >= 11 is 0. The van der Waals surface area contributed by atoms with Gasteiger partial charge in [0, 0.05) is 43.4 Å². The van der Waals surface area contributed by atoms with Gasteiger partial charge in [0.25, 0.3) is 0 Å². The van der Waals surface area contributed by atoms with E-state index >= 15 is 0 Å². The molecule has 13 rings (SSSR count). The van der Waals surface area contributed by atoms with E-state index < -0.39 is 5.41 Å². The van der Waals surface area contributed by atoms with Crippen molar-refractivity contribution in [1.29, 1.82) is 0 Å². The van der Waals surface area contributed by atoms with Gasteiger partial charge in [-0.1, -0.05) is 182 Å². The van der Waals surface area contributed by atoms with Crippen molar-refractivity contribution in [2.24, 2.45) is 0 Å². The van der Waals surface area contributed by atoms with Crippen molar-refractivity contribution in [3.05, 3.63) is 222 Å². The maximum Gasteiger partial charge on any atom is 0.160 e. The third-order valence-electron chi connectivity index (χ3n) is 12.8. The Morgan fingerprint density at radius 3 is 1.81 bits per heavy atom. The summed E-state index contributed by atoms with van der Waals surface area (Å²) in [6.45, 7) is 0. The lowest BCUT2D eigenvalue weighted by molar-refractivity contribution is 0.769. The van der Waals surface area contributed by atoms with Crippen molar-refractivity contribution in [3.63, 3.8) is 0 Å². The number of aromatic nitrogens is 3. The molecule has 3 heteroatoms. The first kappa shape index (κ1) is 31.6. The number of para-hydroxylation sites is 3. The van der Waals surface area contributed by atoms with Crippen LogP contribution < -0.4 is 0 Å². The number of hydrogen-bond donors (Lipinski definition) is 0. The van der Waals surface area contributed by atoms with E-state index in [9.17, 15) is 0 Å². The fraction of sp³-hybridized carbons (Fsp3) is 0.0182. The minimum atomic E-state index is -0.612. The smallest absolute Gasteiger partial charge is 0.160 e. The van der Waals surface area contributed by atoms with Gasteiger partial charge < -0.3 is 4.40 Å². The Balaban J connectivity index is 1.19. The standard InChI is InChI=1S/C55H33N3/c1-4-15-35(16-5-1)51-44-22-10-12-25-47(44)56-54(57-51)36-28-31-43-46(33-36)55(37-17-6-2-7-18-37,38-19-8-3-9-20-38)45-32-29-34-27-30-42-41-24-14-23-40-39-21-11-13-26-48(39)58(52(40)41)53(42)49(34)50(43)45/h1-33H. The Kier molecular flexibility index (Phi) is 6.37. The second kappa shape index (κ2) is 11.7. The van der Waals surface area contributed by atoms with E-state index in [1.54, 1.807) is 0 Å². The van der Waals surface area contributed by atoms with Crippen LogP contribution in [0.2, 0.25) is 0 Å². The third-order valence-corrected chi connectivity index (χ3v) is 12.8. The summed E-state index contributed by atoms with van der Waals surface area (Å²) in [6, 6.07) is 73.1. The summed E-state index contributed by atoms with van der Waals surface area (Å²) in [6.07, 6.45) is 0. The highest BCUT2D eigenvalue weighted by Gasteiger charge is 2.47. The minimum absolute atomic E-state index is 0.612. The third kappa shape index (κ3) is 4.07. The zero-order valence-corrected chi connectivity index (χ0v) is 31.4. The van der Waals surface area contributed by atoms with Gasteiger partial charge in [0.2, 0.25) is 0 Å². The zero-order chi connectivity index (χ0) is 38.0. The topological polar surface area (TPSA) is 30.2 Å². The summed E-state index contributed by atoms with van der Waals surface area (Å²) in [5.74, 6) is 0.716. The first-order chi connectivity index (χ1) is 28.8. The number of rotatable bonds is 4. The van der Waals surface area contributed by atoms with Crippen LogP contribution in [0.1, 0.15) is 22.3 Å². The van der Waals surface area contributed by atoms with Crippen molar-refractivity contribution in [3.8, 4) is 33.8 Å². The summed E-state index contributed by atoms with van der Waals surface area (Å²) in [7, 11) is 0. The average molecular weight is 736 g/mol. The predicted octanol–water partition coefficient (Wildman–Crippen LogP) is 13.6. The SMILES string of the molecule is c1ccc(-c2nc(-c3ccc4c(c3)C(c3ccccc3)(c3ccccc3)c3ccc5ccc6c7cccc8c9ccccc9n(c87)c6c5c3-4)nc3ccccc23)cc1. The highest BCUT2D eigenvalue weighted by Crippen LogP contribution is 2.59. The maximum atomic E-state index is 5.36. The minimum Gasteiger partial charge on any atom is -0.307 e. The molecule has 0 bridgehead atoms. The maximum absolute atomic E-state index is 5.36. The van der Waals surface area contributed by atoms with Crippen LogP contribution in [0.15, 0.2) is 200 Å². The molecule has 3 aromatic heterocycles. The largest absolute Gasteiger partial charge is 0.307 e. The van der Waals surface area contributed by atoms with Gasteiger partial charge in [0.05, 0.1) is 33.2 Å². The Hall–Kier alpha value is -7.62. The summed E-state index contributed by atoms with van der Waals surface area (Å²) in [5.41, 5.74) is 14.6. The van der Waals surface area contributed by atoms with Crippen molar-refractivity contribution in [1.82, 2.24) is 14.4 Å². The molecule has 0 saturated carbocycles. The number of fused-ring (bicyclic) bond motifs is 13. The molecule has 1 aliphatic carbocycles. The molecule has 58 heavy (non-hydrogen) atoms. The first-order valence-corrected chi connectivity index (χ1v) is 20.0. The van der Waals surface area contributed by atoms with Gasteiger partial charge in [-0.15, -0.1) is 0 Å². The van der Waals surface area contributed by atoms with Crippen molar-refractivity contribution in [2.45, 2.75) is 5.41 Å². The number of hydrogen-bond acceptors (Lipinski definition) is 2. The molecule has 0 unspecified atom stereocenters. The molecule has 0 N–H and O–H groups in total. The lowest BCUT2D eigenvalue weighted by atomic mass is 9.67. The fourth-order valence-corrected chi connectivity index (χ4v) is 10.5. The van der Waals surface area contributed by atoms with E-state index in [-0.39, 0.29) is 0 Å². The molecular weight excluding hydrogens is 703 g/mol. The lowest BCUT2D eigenvalue weighted by Crippen LogP contribution is -2.28. The molecule has 9 aromatic carbocycles. The summed E-state index contributed by atoms with van der Waals surface area (Å²) in [4.78, 5) is 10.6. The first-order valence-electron chi connectivity index (χ1n) is 20.0. The van der Waals surface area contributed by atoms with Crippen LogP contribution in [0.4, 0.5) is 0 Å². The van der Waals surface area contributed by atoms with E-state index in [0.29, 0.717) is 5.82 Å². The van der Waals surface area contributed by atoms with Gasteiger partial charge in [-0.25, -0.2) is 9.97 Å². The van der Waals surface area contributed by atoms with Crippen LogP contribution in [0, 0.1) is 0 Å². The summed E-state index contributed by atoms with van der Waals surface area (Å²) < 4.78 is 2.55. The van der Waals surface area contributed by atoms with Crippen molar-refractivity contribution < 1.29 is 0 Å². The average Bonchev–Trinajstić information content (AvgIpc) is 3.93. The normalized spacial score (nSPS) is 13.3. The molecule has 268 valence electrons. The van der Waals surface area contributed by atoms with Gasteiger partial charge in [-0.3, -0.25) is 0 Å². The van der Waals surface area contributed by atoms with Crippen molar-refractivity contribution >= 4 is 59.8 Å². The molecule has 0 atom stereocenters. The van der Waals surface area contributed by atoms with Gasteiger partial charge in [0.15, 0.2) is 5.82 Å². The molecule has 0 saturated heterocycles. The van der Waals surface area contributed by atoms with E-state index in [2.05, 4.69) is 205 Å². The molecule has 1 aliphatic rings. The molecule has 0 radical (unpaired) electrons. The second-order valence-corrected chi connectivity index (χ2v) is 15.6. The quantitative estimate of drug-likeness (QED) is 0.180. The highest BCUT2D eigenvalue weighted by atomic mass is 14.9. The van der Waals surface area contributed by atoms with Crippen LogP contribution in [-0.2, 0) is 5.41 Å².